The van der Waals surface area contributed by atoms with E-state index in [9.17, 15) is 29.4 Å². The van der Waals surface area contributed by atoms with Crippen molar-refractivity contribution in [3.05, 3.63) is 64.8 Å². The molecule has 0 heterocycles. The van der Waals surface area contributed by atoms with Crippen LogP contribution in [0.3, 0.4) is 0 Å². The van der Waals surface area contributed by atoms with Gasteiger partial charge in [0.1, 0.15) is 24.4 Å². The number of Topliss-reactive ketones (excluding diaryl/α,β-unsaturated/α-hetero) is 1. The standard InChI is InChI=1S/C33H40O9/c1-18-24(40-19(2)34)15-23-26(41-20(3)35)14-22-17-33(6,31(39)30(38)29(18)32(23,4)5)27(36)16-25(22)42-28(37)13-12-21-10-8-7-9-11-21/h7-14,23-27,30,36,38H,15-17H2,1-6H3/b13-12+,22-14+/t23-,24-,25-,26-,27-,30+,33-/m0/s1. The maximum Gasteiger partial charge on any atom is 0.331 e. The van der Waals surface area contributed by atoms with Gasteiger partial charge in [-0.3, -0.25) is 14.4 Å². The third kappa shape index (κ3) is 6.13. The number of carbonyl (C=O) groups is 4. The van der Waals surface area contributed by atoms with E-state index in [1.54, 1.807) is 26.0 Å². The number of ketones is 1. The monoisotopic (exact) mass is 580 g/mol. The van der Waals surface area contributed by atoms with Crippen LogP contribution in [0, 0.1) is 16.7 Å². The summed E-state index contributed by atoms with van der Waals surface area (Å²) in [6, 6.07) is 9.22. The third-order valence-corrected chi connectivity index (χ3v) is 9.09. The zero-order valence-electron chi connectivity index (χ0n) is 25.0. The normalized spacial score (nSPS) is 33.8. The fourth-order valence-electron chi connectivity index (χ4n) is 6.83. The third-order valence-electron chi connectivity index (χ3n) is 9.09. The summed E-state index contributed by atoms with van der Waals surface area (Å²) in [6.45, 7) is 9.59. The summed E-state index contributed by atoms with van der Waals surface area (Å²) in [7, 11) is 0. The molecule has 0 unspecified atom stereocenters. The molecular formula is C33H40O9. The van der Waals surface area contributed by atoms with Gasteiger partial charge in [0.25, 0.3) is 0 Å². The first kappa shape index (κ1) is 31.4. The molecule has 226 valence electrons. The first-order chi connectivity index (χ1) is 19.6. The van der Waals surface area contributed by atoms with Crippen molar-refractivity contribution in [1.29, 1.82) is 0 Å². The number of rotatable bonds is 5. The maximum atomic E-state index is 14.0. The Bertz CT molecular complexity index is 1340. The SMILES string of the molecule is CC(=O)O[C@H]1C[C@H]2[C@@H](OC(C)=O)/C=C3\C[C@](C)(C(=O)[C@H](O)C(=C1C)C2(C)C)[C@@H](O)C[C@@H]3OC(=O)/C=C/c1ccccc1. The number of carbonyl (C=O) groups excluding carboxylic acids is 4. The summed E-state index contributed by atoms with van der Waals surface area (Å²) in [5.74, 6) is -2.80. The second-order valence-corrected chi connectivity index (χ2v) is 12.4. The van der Waals surface area contributed by atoms with E-state index in [-0.39, 0.29) is 19.3 Å². The molecule has 9 heteroatoms. The van der Waals surface area contributed by atoms with Crippen LogP contribution in [0.2, 0.25) is 0 Å². The van der Waals surface area contributed by atoms with Crippen LogP contribution in [0.5, 0.6) is 0 Å². The predicted octanol–water partition coefficient (Wildman–Crippen LogP) is 3.87. The van der Waals surface area contributed by atoms with E-state index in [4.69, 9.17) is 14.2 Å². The van der Waals surface area contributed by atoms with Crippen molar-refractivity contribution in [2.45, 2.75) is 91.3 Å². The van der Waals surface area contributed by atoms with E-state index >= 15 is 0 Å². The van der Waals surface area contributed by atoms with Crippen LogP contribution < -0.4 is 0 Å². The number of benzene rings is 1. The van der Waals surface area contributed by atoms with Crippen molar-refractivity contribution in [3.8, 4) is 0 Å². The van der Waals surface area contributed by atoms with E-state index in [0.29, 0.717) is 16.7 Å². The molecule has 3 aliphatic carbocycles. The van der Waals surface area contributed by atoms with Gasteiger partial charge in [-0.15, -0.1) is 0 Å². The summed E-state index contributed by atoms with van der Waals surface area (Å²) in [5.41, 5.74) is -0.0597. The quantitative estimate of drug-likeness (QED) is 0.230. The molecule has 1 aromatic rings. The average Bonchev–Trinajstić information content (AvgIpc) is 2.90. The molecule has 42 heavy (non-hydrogen) atoms. The second kappa shape index (κ2) is 12.0. The minimum Gasteiger partial charge on any atom is -0.458 e. The topological polar surface area (TPSA) is 136 Å². The molecule has 7 atom stereocenters. The molecular weight excluding hydrogens is 540 g/mol. The van der Waals surface area contributed by atoms with Crippen LogP contribution in [0.1, 0.15) is 66.4 Å². The van der Waals surface area contributed by atoms with E-state index in [1.165, 1.54) is 19.9 Å². The maximum absolute atomic E-state index is 14.0. The Labute approximate surface area is 246 Å². The van der Waals surface area contributed by atoms with Crippen LogP contribution in [0.25, 0.3) is 6.08 Å². The van der Waals surface area contributed by atoms with Gasteiger partial charge in [0.05, 0.1) is 11.5 Å². The Morgan fingerprint density at radius 2 is 1.57 bits per heavy atom. The van der Waals surface area contributed by atoms with Crippen molar-refractivity contribution >= 4 is 29.8 Å². The first-order valence-electron chi connectivity index (χ1n) is 14.3. The van der Waals surface area contributed by atoms with Crippen LogP contribution in [-0.2, 0) is 33.4 Å². The van der Waals surface area contributed by atoms with Crippen molar-refractivity contribution in [3.63, 3.8) is 0 Å². The van der Waals surface area contributed by atoms with E-state index < -0.39 is 71.0 Å². The van der Waals surface area contributed by atoms with Gasteiger partial charge in [-0.1, -0.05) is 44.2 Å². The fourth-order valence-corrected chi connectivity index (χ4v) is 6.83. The molecule has 0 saturated heterocycles. The highest BCUT2D eigenvalue weighted by atomic mass is 16.6. The van der Waals surface area contributed by atoms with Gasteiger partial charge in [-0.25, -0.2) is 4.79 Å². The number of fused-ring (bicyclic) bond motifs is 4. The van der Waals surface area contributed by atoms with Crippen molar-refractivity contribution in [1.82, 2.24) is 0 Å². The summed E-state index contributed by atoms with van der Waals surface area (Å²) in [5, 5.41) is 22.9. The highest BCUT2D eigenvalue weighted by molar-refractivity contribution is 5.93. The van der Waals surface area contributed by atoms with Crippen molar-refractivity contribution in [2.75, 3.05) is 0 Å². The fraction of sp³-hybridized carbons (Fsp3) is 0.515. The Morgan fingerprint density at radius 3 is 2.19 bits per heavy atom. The lowest BCUT2D eigenvalue weighted by atomic mass is 9.57. The molecule has 4 rings (SSSR count). The lowest BCUT2D eigenvalue weighted by Crippen LogP contribution is -2.56. The van der Waals surface area contributed by atoms with E-state index in [0.717, 1.165) is 5.56 Å². The van der Waals surface area contributed by atoms with Gasteiger partial charge in [0.2, 0.25) is 0 Å². The summed E-state index contributed by atoms with van der Waals surface area (Å²) < 4.78 is 17.2. The van der Waals surface area contributed by atoms with Gasteiger partial charge in [0.15, 0.2) is 5.78 Å². The minimum atomic E-state index is -1.61. The lowest BCUT2D eigenvalue weighted by molar-refractivity contribution is -0.157. The van der Waals surface area contributed by atoms with Gasteiger partial charge in [-0.2, -0.15) is 0 Å². The first-order valence-corrected chi connectivity index (χ1v) is 14.3. The van der Waals surface area contributed by atoms with Crippen molar-refractivity contribution in [2.24, 2.45) is 16.7 Å². The highest BCUT2D eigenvalue weighted by Gasteiger charge is 2.56. The number of aliphatic hydroxyl groups is 2. The summed E-state index contributed by atoms with van der Waals surface area (Å²) in [6.07, 6.45) is -0.588. The summed E-state index contributed by atoms with van der Waals surface area (Å²) in [4.78, 5) is 51.3. The van der Waals surface area contributed by atoms with E-state index in [1.807, 2.05) is 44.2 Å². The molecule has 9 nitrogen and oxygen atoms in total. The molecule has 2 N–H and O–H groups in total. The number of hydrogen-bond acceptors (Lipinski definition) is 9. The number of esters is 3. The largest absolute Gasteiger partial charge is 0.458 e. The molecule has 1 aromatic carbocycles. The molecule has 0 aromatic heterocycles. The van der Waals surface area contributed by atoms with E-state index in [2.05, 4.69) is 0 Å². The van der Waals surface area contributed by atoms with Gasteiger partial charge in [-0.05, 0) is 66.5 Å². The molecule has 0 aliphatic heterocycles. The lowest BCUT2D eigenvalue weighted by Gasteiger charge is -2.50. The van der Waals surface area contributed by atoms with Gasteiger partial charge >= 0.3 is 17.9 Å². The number of hydrogen-bond donors (Lipinski definition) is 2. The Kier molecular flexibility index (Phi) is 8.94. The number of aliphatic hydroxyl groups excluding tert-OH is 2. The zero-order valence-corrected chi connectivity index (χ0v) is 25.0. The van der Waals surface area contributed by atoms with Gasteiger partial charge < -0.3 is 24.4 Å². The molecule has 0 amide bonds. The molecule has 4 bridgehead atoms. The summed E-state index contributed by atoms with van der Waals surface area (Å²) >= 11 is 0. The van der Waals surface area contributed by atoms with Crippen LogP contribution in [0.4, 0.5) is 0 Å². The highest BCUT2D eigenvalue weighted by Crippen LogP contribution is 2.53. The molecule has 1 saturated carbocycles. The molecule has 0 radical (unpaired) electrons. The number of ether oxygens (including phenoxy) is 3. The average molecular weight is 581 g/mol. The van der Waals surface area contributed by atoms with Crippen molar-refractivity contribution < 1.29 is 43.6 Å². The Balaban J connectivity index is 1.82. The molecule has 0 spiro atoms. The van der Waals surface area contributed by atoms with Crippen LogP contribution in [-0.4, -0.2) is 64.4 Å². The Hall–Kier alpha value is -3.56. The molecule has 3 aliphatic rings. The minimum absolute atomic E-state index is 0.0188. The predicted molar refractivity (Wildman–Crippen MR) is 153 cm³/mol. The van der Waals surface area contributed by atoms with Gasteiger partial charge in [0, 0.05) is 32.3 Å². The second-order valence-electron chi connectivity index (χ2n) is 12.4. The van der Waals surface area contributed by atoms with Crippen LogP contribution >= 0.6 is 0 Å². The smallest absolute Gasteiger partial charge is 0.331 e. The van der Waals surface area contributed by atoms with Crippen LogP contribution in [0.15, 0.2) is 59.2 Å². The Morgan fingerprint density at radius 1 is 0.929 bits per heavy atom. The zero-order chi connectivity index (χ0) is 31.0. The molecule has 1 fully saturated rings.